The van der Waals surface area contributed by atoms with Crippen LogP contribution in [0.1, 0.15) is 28.7 Å². The fourth-order valence-electron chi connectivity index (χ4n) is 0.616. The van der Waals surface area contributed by atoms with Gasteiger partial charge in [0, 0.05) is 19.4 Å². The van der Waals surface area contributed by atoms with Gasteiger partial charge in [0.05, 0.1) is 5.69 Å². The summed E-state index contributed by atoms with van der Waals surface area (Å²) in [5.41, 5.74) is 0.774. The van der Waals surface area contributed by atoms with Gasteiger partial charge in [-0.25, -0.2) is 0 Å². The molecule has 5 nitrogen and oxygen atoms in total. The maximum Gasteiger partial charge on any atom is 0.171 e. The maximum absolute atomic E-state index is 3.88. The molecule has 0 atom stereocenters. The van der Waals surface area contributed by atoms with Crippen LogP contribution in [0.15, 0.2) is 45.0 Å². The molecule has 0 aromatic carbocycles. The average Bonchev–Trinajstić information content (AvgIpc) is 2.29. The van der Waals surface area contributed by atoms with Gasteiger partial charge < -0.3 is 0 Å². The number of rotatable bonds is 3. The lowest BCUT2D eigenvalue weighted by atomic mass is 10.4. The molecule has 0 saturated carbocycles. The Hall–Kier alpha value is -1.65. The van der Waals surface area contributed by atoms with Crippen LogP contribution in [-0.2, 0) is 0 Å². The number of hydrogen-bond acceptors (Lipinski definition) is 5. The van der Waals surface area contributed by atoms with Crippen LogP contribution in [0.4, 0.5) is 5.69 Å². The molecule has 0 aliphatic carbocycles. The first-order valence-electron chi connectivity index (χ1n) is 4.46. The Morgan fingerprint density at radius 3 is 2.12 bits per heavy atom. The Kier molecular flexibility index (Phi) is 19.6. The van der Waals surface area contributed by atoms with Crippen molar-refractivity contribution >= 4 is 5.69 Å². The summed E-state index contributed by atoms with van der Waals surface area (Å²) in [7, 11) is 1.60. The van der Waals surface area contributed by atoms with Crippen molar-refractivity contribution in [1.82, 2.24) is 4.98 Å². The summed E-state index contributed by atoms with van der Waals surface area (Å²) in [5.74, 6) is 0. The molecule has 0 spiro atoms. The minimum atomic E-state index is 0. The van der Waals surface area contributed by atoms with Gasteiger partial charge in [-0.1, -0.05) is 28.7 Å². The van der Waals surface area contributed by atoms with E-state index >= 15 is 0 Å². The van der Waals surface area contributed by atoms with Crippen molar-refractivity contribution < 1.29 is 0 Å². The van der Waals surface area contributed by atoms with Crippen LogP contribution in [-0.4, -0.2) is 18.7 Å². The van der Waals surface area contributed by atoms with Crippen molar-refractivity contribution in [3.05, 3.63) is 24.5 Å². The molecule has 0 unspecified atom stereocenters. The van der Waals surface area contributed by atoms with Gasteiger partial charge in [-0.05, 0) is 12.1 Å². The largest absolute Gasteiger partial charge is 0.265 e. The highest BCUT2D eigenvalue weighted by atomic mass is 15.2. The van der Waals surface area contributed by atoms with E-state index in [0.29, 0.717) is 0 Å². The Morgan fingerprint density at radius 2 is 1.62 bits per heavy atom. The van der Waals surface area contributed by atoms with Crippen LogP contribution in [0, 0.1) is 0 Å². The molecule has 0 N–H and O–H groups in total. The molecule has 5 heteroatoms. The molecule has 0 saturated heterocycles. The fraction of sp³-hybridized carbons (Fsp3) is 0.545. The first-order chi connectivity index (χ1) is 6.93. The first kappa shape index (κ1) is 19.9. The summed E-state index contributed by atoms with van der Waals surface area (Å²) in [6.45, 7) is 4.28. The fourth-order valence-corrected chi connectivity index (χ4v) is 0.616. The lowest BCUT2D eigenvalue weighted by Crippen LogP contribution is -1.69. The first-order valence-corrected chi connectivity index (χ1v) is 4.46. The zero-order chi connectivity index (χ0) is 10.6. The van der Waals surface area contributed by atoms with E-state index in [1.807, 2.05) is 13.8 Å². The predicted octanol–water partition coefficient (Wildman–Crippen LogP) is 4.50. The number of nitrogens with zero attached hydrogens (tertiary/aromatic N) is 5. The molecular formula is C11H23N5. The highest BCUT2D eigenvalue weighted by Gasteiger charge is 1.83. The molecule has 0 bridgehead atoms. The van der Waals surface area contributed by atoms with Crippen LogP contribution in [0.5, 0.6) is 0 Å². The normalized spacial score (nSPS) is 8.94. The second kappa shape index (κ2) is 15.8. The summed E-state index contributed by atoms with van der Waals surface area (Å²) in [6, 6.07) is 3.54. The molecule has 0 fully saturated rings. The summed E-state index contributed by atoms with van der Waals surface area (Å²) < 4.78 is 0. The topological polar surface area (TPSA) is 62.3 Å². The van der Waals surface area contributed by atoms with Crippen LogP contribution >= 0.6 is 0 Å². The third-order valence-corrected chi connectivity index (χ3v) is 1.12. The second-order valence-electron chi connectivity index (χ2n) is 1.93. The smallest absolute Gasteiger partial charge is 0.171 e. The summed E-state index contributed by atoms with van der Waals surface area (Å²) in [6.07, 6.45) is 3.32. The van der Waals surface area contributed by atoms with Crippen molar-refractivity contribution in [2.45, 2.75) is 28.7 Å². The maximum atomic E-state index is 3.88. The second-order valence-corrected chi connectivity index (χ2v) is 1.93. The van der Waals surface area contributed by atoms with E-state index in [1.54, 1.807) is 31.6 Å². The van der Waals surface area contributed by atoms with Crippen molar-refractivity contribution in [2.75, 3.05) is 13.7 Å². The third kappa shape index (κ3) is 10.4. The molecule has 1 rings (SSSR count). The Morgan fingerprint density at radius 1 is 1.06 bits per heavy atom. The summed E-state index contributed by atoms with van der Waals surface area (Å²) in [5, 5.41) is 14.8. The van der Waals surface area contributed by atoms with E-state index in [4.69, 9.17) is 0 Å². The van der Waals surface area contributed by atoms with Gasteiger partial charge in [0.2, 0.25) is 0 Å². The number of aromatic nitrogens is 1. The molecule has 1 heterocycles. The Labute approximate surface area is 98.8 Å². The molecule has 92 valence electrons. The van der Waals surface area contributed by atoms with Gasteiger partial charge in [-0.2, -0.15) is 20.5 Å². The van der Waals surface area contributed by atoms with Gasteiger partial charge in [0.1, 0.15) is 0 Å². The van der Waals surface area contributed by atoms with E-state index in [9.17, 15) is 0 Å². The van der Waals surface area contributed by atoms with Crippen LogP contribution in [0.2, 0.25) is 0 Å². The zero-order valence-corrected chi connectivity index (χ0v) is 8.75. The average molecular weight is 225 g/mol. The monoisotopic (exact) mass is 225 g/mol. The van der Waals surface area contributed by atoms with E-state index in [0.717, 1.165) is 5.69 Å². The SMILES string of the molecule is C.C.CC.CN=NCN=Nc1ccncc1. The third-order valence-electron chi connectivity index (χ3n) is 1.12. The van der Waals surface area contributed by atoms with Crippen molar-refractivity contribution in [1.29, 1.82) is 0 Å². The summed E-state index contributed by atoms with van der Waals surface area (Å²) >= 11 is 0. The summed E-state index contributed by atoms with van der Waals surface area (Å²) in [4.78, 5) is 3.85. The van der Waals surface area contributed by atoms with Gasteiger partial charge in [0.25, 0.3) is 0 Å². The van der Waals surface area contributed by atoms with Crippen LogP contribution in [0.3, 0.4) is 0 Å². The van der Waals surface area contributed by atoms with Crippen molar-refractivity contribution in [3.63, 3.8) is 0 Å². The van der Waals surface area contributed by atoms with Gasteiger partial charge in [0.15, 0.2) is 6.67 Å². The van der Waals surface area contributed by atoms with Gasteiger partial charge in [-0.3, -0.25) is 4.98 Å². The molecule has 0 radical (unpaired) electrons. The van der Waals surface area contributed by atoms with E-state index < -0.39 is 0 Å². The molecule has 0 aliphatic heterocycles. The minimum absolute atomic E-state index is 0. The van der Waals surface area contributed by atoms with Crippen LogP contribution in [0.25, 0.3) is 0 Å². The predicted molar refractivity (Wildman–Crippen MR) is 69.2 cm³/mol. The number of azo groups is 2. The quantitative estimate of drug-likeness (QED) is 0.698. The lowest BCUT2D eigenvalue weighted by Gasteiger charge is -1.87. The van der Waals surface area contributed by atoms with E-state index in [2.05, 4.69) is 25.4 Å². The number of hydrogen-bond donors (Lipinski definition) is 0. The molecule has 0 aliphatic rings. The van der Waals surface area contributed by atoms with E-state index in [-0.39, 0.29) is 21.5 Å². The molecule has 16 heavy (non-hydrogen) atoms. The molecule has 0 amide bonds. The minimum Gasteiger partial charge on any atom is -0.265 e. The highest BCUT2D eigenvalue weighted by Crippen LogP contribution is 2.08. The lowest BCUT2D eigenvalue weighted by molar-refractivity contribution is 0.888. The standard InChI is InChI=1S/C7H9N5.C2H6.2CH4/c1-8-10-6-11-12-7-2-4-9-5-3-7;1-2;;/h2-5H,6H2,1H3;1-2H3;2*1H4. The van der Waals surface area contributed by atoms with Gasteiger partial charge in [-0.15, -0.1) is 0 Å². The zero-order valence-electron chi connectivity index (χ0n) is 8.75. The van der Waals surface area contributed by atoms with Gasteiger partial charge >= 0.3 is 0 Å². The van der Waals surface area contributed by atoms with Crippen molar-refractivity contribution in [3.8, 4) is 0 Å². The Bertz CT molecular complexity index is 269. The molecule has 1 aromatic rings. The molecule has 1 aromatic heterocycles. The van der Waals surface area contributed by atoms with Crippen LogP contribution < -0.4 is 0 Å². The van der Waals surface area contributed by atoms with Crippen molar-refractivity contribution in [2.24, 2.45) is 20.5 Å². The van der Waals surface area contributed by atoms with E-state index in [1.165, 1.54) is 0 Å². The number of pyridine rings is 1. The highest BCUT2D eigenvalue weighted by molar-refractivity contribution is 5.32. The Balaban J connectivity index is -0.000000399. The molecular weight excluding hydrogens is 202 g/mol.